The van der Waals surface area contributed by atoms with Gasteiger partial charge in [-0.25, -0.2) is 4.99 Å². The first kappa shape index (κ1) is 21.6. The molecule has 0 atom stereocenters. The molecular weight excluding hydrogens is 354 g/mol. The van der Waals surface area contributed by atoms with Crippen molar-refractivity contribution in [2.45, 2.75) is 26.4 Å². The van der Waals surface area contributed by atoms with Gasteiger partial charge in [0.05, 0.1) is 20.8 Å². The number of ether oxygens (including phenoxy) is 3. The van der Waals surface area contributed by atoms with Crippen LogP contribution in [0.1, 0.15) is 24.5 Å². The summed E-state index contributed by atoms with van der Waals surface area (Å²) in [4.78, 5) is 4.71. The molecule has 0 heterocycles. The quantitative estimate of drug-likeness (QED) is 0.353. The first-order valence-corrected chi connectivity index (χ1v) is 9.61. The smallest absolute Gasteiger partial charge is 0.191 e. The van der Waals surface area contributed by atoms with Crippen LogP contribution in [-0.4, -0.2) is 39.9 Å². The van der Waals surface area contributed by atoms with Crippen LogP contribution in [0.3, 0.4) is 0 Å². The lowest BCUT2D eigenvalue weighted by Gasteiger charge is -2.14. The van der Waals surface area contributed by atoms with E-state index >= 15 is 0 Å². The minimum absolute atomic E-state index is 0.580. The number of rotatable bonds is 11. The summed E-state index contributed by atoms with van der Waals surface area (Å²) in [6.45, 7) is 5.48. The number of para-hydroxylation sites is 1. The van der Waals surface area contributed by atoms with E-state index in [2.05, 4.69) is 10.6 Å². The van der Waals surface area contributed by atoms with Crippen LogP contribution in [-0.2, 0) is 17.8 Å². The molecule has 0 saturated heterocycles. The zero-order valence-electron chi connectivity index (χ0n) is 17.0. The fourth-order valence-corrected chi connectivity index (χ4v) is 2.63. The number of hydrogen-bond donors (Lipinski definition) is 2. The van der Waals surface area contributed by atoms with Crippen LogP contribution in [0.4, 0.5) is 0 Å². The molecule has 0 fully saturated rings. The molecule has 28 heavy (non-hydrogen) atoms. The highest BCUT2D eigenvalue weighted by atomic mass is 16.5. The number of hydrogen-bond acceptors (Lipinski definition) is 4. The van der Waals surface area contributed by atoms with E-state index in [0.29, 0.717) is 13.1 Å². The van der Waals surface area contributed by atoms with E-state index in [-0.39, 0.29) is 0 Å². The molecular formula is C22H31N3O3. The number of guanidine groups is 1. The van der Waals surface area contributed by atoms with Crippen molar-refractivity contribution in [3.63, 3.8) is 0 Å². The molecule has 2 N–H and O–H groups in total. The molecule has 6 heteroatoms. The van der Waals surface area contributed by atoms with E-state index in [1.165, 1.54) is 0 Å². The largest absolute Gasteiger partial charge is 0.497 e. The maximum absolute atomic E-state index is 5.43. The van der Waals surface area contributed by atoms with Crippen molar-refractivity contribution >= 4 is 5.96 Å². The second-order valence-corrected chi connectivity index (χ2v) is 6.16. The molecule has 0 aliphatic heterocycles. The highest BCUT2D eigenvalue weighted by Crippen LogP contribution is 2.16. The zero-order valence-corrected chi connectivity index (χ0v) is 17.0. The van der Waals surface area contributed by atoms with E-state index in [0.717, 1.165) is 54.8 Å². The molecule has 0 amide bonds. The van der Waals surface area contributed by atoms with Gasteiger partial charge in [-0.15, -0.1) is 0 Å². The van der Waals surface area contributed by atoms with E-state index in [1.807, 2.05) is 55.5 Å². The van der Waals surface area contributed by atoms with Crippen molar-refractivity contribution in [2.24, 2.45) is 4.99 Å². The minimum atomic E-state index is 0.580. The minimum Gasteiger partial charge on any atom is -0.497 e. The van der Waals surface area contributed by atoms with Gasteiger partial charge in [-0.2, -0.15) is 0 Å². The molecule has 0 spiro atoms. The van der Waals surface area contributed by atoms with Crippen LogP contribution < -0.4 is 20.1 Å². The predicted molar refractivity (Wildman–Crippen MR) is 113 cm³/mol. The highest BCUT2D eigenvalue weighted by molar-refractivity contribution is 5.79. The lowest BCUT2D eigenvalue weighted by atomic mass is 10.2. The SMILES string of the molecule is CCOCCCNC(=NCc1ccc(OC)cc1)NCc1ccccc1OC. The summed E-state index contributed by atoms with van der Waals surface area (Å²) in [5.41, 5.74) is 2.20. The van der Waals surface area contributed by atoms with Gasteiger partial charge in [0.2, 0.25) is 0 Å². The third kappa shape index (κ3) is 7.48. The fourth-order valence-electron chi connectivity index (χ4n) is 2.63. The Hall–Kier alpha value is -2.73. The van der Waals surface area contributed by atoms with Crippen molar-refractivity contribution in [1.82, 2.24) is 10.6 Å². The lowest BCUT2D eigenvalue weighted by Crippen LogP contribution is -2.37. The number of nitrogens with zero attached hydrogens (tertiary/aromatic N) is 1. The Bertz CT molecular complexity index is 717. The summed E-state index contributed by atoms with van der Waals surface area (Å²) in [5, 5.41) is 6.76. The number of aliphatic imine (C=N–C) groups is 1. The Morgan fingerprint density at radius 2 is 1.75 bits per heavy atom. The molecule has 2 rings (SSSR count). The molecule has 2 aromatic carbocycles. The topological polar surface area (TPSA) is 64.1 Å². The van der Waals surface area contributed by atoms with Crippen LogP contribution in [0.2, 0.25) is 0 Å². The Kier molecular flexibility index (Phi) is 9.72. The summed E-state index contributed by atoms with van der Waals surface area (Å²) in [5.74, 6) is 2.47. The van der Waals surface area contributed by atoms with Crippen molar-refractivity contribution in [3.8, 4) is 11.5 Å². The van der Waals surface area contributed by atoms with Crippen LogP contribution >= 0.6 is 0 Å². The third-order valence-corrected chi connectivity index (χ3v) is 4.18. The van der Waals surface area contributed by atoms with Gasteiger partial charge in [0.1, 0.15) is 11.5 Å². The summed E-state index contributed by atoms with van der Waals surface area (Å²) in [7, 11) is 3.35. The first-order chi connectivity index (χ1) is 13.8. The van der Waals surface area contributed by atoms with Gasteiger partial charge in [-0.1, -0.05) is 30.3 Å². The second kappa shape index (κ2) is 12.6. The van der Waals surface area contributed by atoms with Crippen LogP contribution in [0.25, 0.3) is 0 Å². The fraction of sp³-hybridized carbons (Fsp3) is 0.409. The molecule has 0 aromatic heterocycles. The van der Waals surface area contributed by atoms with Crippen LogP contribution in [0.15, 0.2) is 53.5 Å². The van der Waals surface area contributed by atoms with Crippen LogP contribution in [0, 0.1) is 0 Å². The average Bonchev–Trinajstić information content (AvgIpc) is 2.75. The summed E-state index contributed by atoms with van der Waals surface area (Å²) >= 11 is 0. The first-order valence-electron chi connectivity index (χ1n) is 9.61. The molecule has 0 bridgehead atoms. The van der Waals surface area contributed by atoms with E-state index in [4.69, 9.17) is 19.2 Å². The van der Waals surface area contributed by atoms with E-state index in [9.17, 15) is 0 Å². The highest BCUT2D eigenvalue weighted by Gasteiger charge is 2.04. The van der Waals surface area contributed by atoms with Gasteiger partial charge in [-0.05, 0) is 37.1 Å². The van der Waals surface area contributed by atoms with Gasteiger partial charge in [-0.3, -0.25) is 0 Å². The molecule has 2 aromatic rings. The second-order valence-electron chi connectivity index (χ2n) is 6.16. The van der Waals surface area contributed by atoms with Crippen LogP contribution in [0.5, 0.6) is 11.5 Å². The van der Waals surface area contributed by atoms with Crippen molar-refractivity contribution in [3.05, 3.63) is 59.7 Å². The summed E-state index contributed by atoms with van der Waals surface area (Å²) < 4.78 is 16.0. The molecule has 0 radical (unpaired) electrons. The monoisotopic (exact) mass is 385 g/mol. The third-order valence-electron chi connectivity index (χ3n) is 4.18. The van der Waals surface area contributed by atoms with Crippen molar-refractivity contribution in [1.29, 1.82) is 0 Å². The van der Waals surface area contributed by atoms with Crippen molar-refractivity contribution in [2.75, 3.05) is 34.0 Å². The molecule has 0 unspecified atom stereocenters. The summed E-state index contributed by atoms with van der Waals surface area (Å²) in [6.07, 6.45) is 0.922. The Morgan fingerprint density at radius 1 is 0.964 bits per heavy atom. The Labute approximate surface area is 167 Å². The standard InChI is InChI=1S/C22H31N3O3/c1-4-28-15-7-14-23-22(24-16-18-10-12-20(26-2)13-11-18)25-17-19-8-5-6-9-21(19)27-3/h5-6,8-13H,4,7,14-17H2,1-3H3,(H2,23,24,25). The molecule has 0 aliphatic rings. The maximum Gasteiger partial charge on any atom is 0.191 e. The molecule has 0 aliphatic carbocycles. The summed E-state index contributed by atoms with van der Waals surface area (Å²) in [6, 6.07) is 15.9. The zero-order chi connectivity index (χ0) is 20.0. The van der Waals surface area contributed by atoms with Crippen molar-refractivity contribution < 1.29 is 14.2 Å². The van der Waals surface area contributed by atoms with Gasteiger partial charge in [0.25, 0.3) is 0 Å². The Morgan fingerprint density at radius 3 is 2.46 bits per heavy atom. The van der Waals surface area contributed by atoms with E-state index in [1.54, 1.807) is 14.2 Å². The van der Waals surface area contributed by atoms with Gasteiger partial charge in [0.15, 0.2) is 5.96 Å². The average molecular weight is 386 g/mol. The normalized spacial score (nSPS) is 11.2. The Balaban J connectivity index is 1.98. The lowest BCUT2D eigenvalue weighted by molar-refractivity contribution is 0.145. The van der Waals surface area contributed by atoms with Gasteiger partial charge in [0, 0.05) is 31.9 Å². The number of methoxy groups -OCH3 is 2. The van der Waals surface area contributed by atoms with Gasteiger partial charge >= 0.3 is 0 Å². The molecule has 152 valence electrons. The van der Waals surface area contributed by atoms with E-state index < -0.39 is 0 Å². The number of nitrogens with one attached hydrogen (secondary N) is 2. The van der Waals surface area contributed by atoms with Gasteiger partial charge < -0.3 is 24.8 Å². The maximum atomic E-state index is 5.43. The predicted octanol–water partition coefficient (Wildman–Crippen LogP) is 3.37. The number of benzene rings is 2. The molecule has 6 nitrogen and oxygen atoms in total. The molecule has 0 saturated carbocycles.